The lowest BCUT2D eigenvalue weighted by molar-refractivity contribution is 0.357. The van der Waals surface area contributed by atoms with Crippen LogP contribution < -0.4 is 9.46 Å². The highest BCUT2D eigenvalue weighted by atomic mass is 32.2. The van der Waals surface area contributed by atoms with Crippen LogP contribution in [0.5, 0.6) is 5.75 Å². The van der Waals surface area contributed by atoms with Crippen molar-refractivity contribution in [1.29, 1.82) is 0 Å². The molecule has 3 aromatic carbocycles. The zero-order valence-corrected chi connectivity index (χ0v) is 20.3. The van der Waals surface area contributed by atoms with Gasteiger partial charge in [0.15, 0.2) is 0 Å². The molecule has 4 aromatic rings. The number of hydrogen-bond donors (Lipinski definition) is 1. The summed E-state index contributed by atoms with van der Waals surface area (Å²) >= 11 is 0. The van der Waals surface area contributed by atoms with Crippen LogP contribution in [0.2, 0.25) is 0 Å². The number of imidazole rings is 1. The van der Waals surface area contributed by atoms with Gasteiger partial charge in [0.2, 0.25) is 0 Å². The van der Waals surface area contributed by atoms with E-state index in [1.165, 1.54) is 11.1 Å². The van der Waals surface area contributed by atoms with Crippen molar-refractivity contribution in [2.45, 2.75) is 44.6 Å². The van der Waals surface area contributed by atoms with Crippen LogP contribution >= 0.6 is 0 Å². The largest absolute Gasteiger partial charge is 0.493 e. The smallest absolute Gasteiger partial charge is 0.261 e. The fourth-order valence-electron chi connectivity index (χ4n) is 4.36. The van der Waals surface area contributed by atoms with Crippen LogP contribution in [0.15, 0.2) is 71.6 Å². The average Bonchev–Trinajstić information content (AvgIpc) is 3.41. The SMILES string of the molecule is CC(C)CCn1c(Cc2ccc3c(c2)CCO3)nc2cc(NS(=O)(=O)c3ccccc3)ccc21. The molecule has 0 saturated heterocycles. The summed E-state index contributed by atoms with van der Waals surface area (Å²) in [6, 6.07) is 20.4. The molecule has 1 aliphatic heterocycles. The summed E-state index contributed by atoms with van der Waals surface area (Å²) in [7, 11) is -3.66. The number of aromatic nitrogens is 2. The summed E-state index contributed by atoms with van der Waals surface area (Å²) in [5.74, 6) is 2.53. The molecular formula is C27H29N3O3S. The van der Waals surface area contributed by atoms with Crippen molar-refractivity contribution in [3.63, 3.8) is 0 Å². The number of fused-ring (bicyclic) bond motifs is 2. The molecule has 0 spiro atoms. The highest BCUT2D eigenvalue weighted by Crippen LogP contribution is 2.28. The van der Waals surface area contributed by atoms with Crippen molar-refractivity contribution in [3.8, 4) is 5.75 Å². The molecule has 0 unspecified atom stereocenters. The zero-order chi connectivity index (χ0) is 23.7. The van der Waals surface area contributed by atoms with Crippen LogP contribution in [-0.2, 0) is 29.4 Å². The number of sulfonamides is 1. The Morgan fingerprint density at radius 3 is 2.68 bits per heavy atom. The Bertz CT molecular complexity index is 1430. The van der Waals surface area contributed by atoms with E-state index >= 15 is 0 Å². The van der Waals surface area contributed by atoms with E-state index in [0.29, 0.717) is 18.0 Å². The van der Waals surface area contributed by atoms with Gasteiger partial charge in [-0.05, 0) is 59.9 Å². The van der Waals surface area contributed by atoms with E-state index in [-0.39, 0.29) is 4.90 Å². The molecule has 1 aromatic heterocycles. The lowest BCUT2D eigenvalue weighted by atomic mass is 10.1. The van der Waals surface area contributed by atoms with E-state index in [1.54, 1.807) is 30.3 Å². The Hall–Kier alpha value is -3.32. The molecule has 0 aliphatic carbocycles. The van der Waals surface area contributed by atoms with Gasteiger partial charge in [0, 0.05) is 19.4 Å². The molecule has 0 radical (unpaired) electrons. The maximum Gasteiger partial charge on any atom is 0.261 e. The summed E-state index contributed by atoms with van der Waals surface area (Å²) in [5, 5.41) is 0. The standard InChI is InChI=1S/C27H29N3O3S/c1-19(2)12-14-30-25-10-9-22(29-34(31,32)23-6-4-3-5-7-23)18-24(25)28-27(30)17-20-8-11-26-21(16-20)13-15-33-26/h3-11,16,18-19,29H,12-15,17H2,1-2H3. The minimum atomic E-state index is -3.66. The van der Waals surface area contributed by atoms with Gasteiger partial charge in [-0.3, -0.25) is 4.72 Å². The summed E-state index contributed by atoms with van der Waals surface area (Å²) in [6.45, 7) is 6.05. The third-order valence-electron chi connectivity index (χ3n) is 6.18. The van der Waals surface area contributed by atoms with Gasteiger partial charge < -0.3 is 9.30 Å². The summed E-state index contributed by atoms with van der Waals surface area (Å²) in [6.07, 6.45) is 2.70. The number of anilines is 1. The summed E-state index contributed by atoms with van der Waals surface area (Å²) in [5.41, 5.74) is 4.76. The molecule has 1 N–H and O–H groups in total. The molecule has 0 fully saturated rings. The molecule has 0 atom stereocenters. The maximum atomic E-state index is 12.8. The molecule has 6 nitrogen and oxygen atoms in total. The van der Waals surface area contributed by atoms with E-state index in [0.717, 1.165) is 48.6 Å². The predicted octanol–water partition coefficient (Wildman–Crippen LogP) is 5.41. The summed E-state index contributed by atoms with van der Waals surface area (Å²) in [4.78, 5) is 5.17. The van der Waals surface area contributed by atoms with Crippen molar-refractivity contribution >= 4 is 26.7 Å². The van der Waals surface area contributed by atoms with Crippen LogP contribution in [-0.4, -0.2) is 24.6 Å². The van der Waals surface area contributed by atoms with Gasteiger partial charge in [0.1, 0.15) is 11.6 Å². The van der Waals surface area contributed by atoms with Crippen LogP contribution in [0, 0.1) is 5.92 Å². The number of ether oxygens (including phenoxy) is 1. The third-order valence-corrected chi connectivity index (χ3v) is 7.58. The van der Waals surface area contributed by atoms with E-state index in [4.69, 9.17) is 9.72 Å². The van der Waals surface area contributed by atoms with Crippen LogP contribution in [0.4, 0.5) is 5.69 Å². The third kappa shape index (κ3) is 4.66. The van der Waals surface area contributed by atoms with Gasteiger partial charge in [0.25, 0.3) is 10.0 Å². The number of nitrogens with one attached hydrogen (secondary N) is 1. The zero-order valence-electron chi connectivity index (χ0n) is 19.5. The lowest BCUT2D eigenvalue weighted by Crippen LogP contribution is -2.12. The molecule has 34 heavy (non-hydrogen) atoms. The molecule has 0 saturated carbocycles. The van der Waals surface area contributed by atoms with E-state index < -0.39 is 10.0 Å². The first-order valence-corrected chi connectivity index (χ1v) is 13.2. The number of hydrogen-bond acceptors (Lipinski definition) is 4. The van der Waals surface area contributed by atoms with E-state index in [2.05, 4.69) is 41.3 Å². The molecule has 2 heterocycles. The molecule has 176 valence electrons. The first kappa shape index (κ1) is 22.5. The van der Waals surface area contributed by atoms with Crippen molar-refractivity contribution in [2.24, 2.45) is 5.92 Å². The molecular weight excluding hydrogens is 446 g/mol. The van der Waals surface area contributed by atoms with Gasteiger partial charge >= 0.3 is 0 Å². The maximum absolute atomic E-state index is 12.8. The lowest BCUT2D eigenvalue weighted by Gasteiger charge is -2.12. The normalized spacial score (nSPS) is 13.3. The quantitative estimate of drug-likeness (QED) is 0.370. The van der Waals surface area contributed by atoms with Crippen LogP contribution in [0.3, 0.4) is 0 Å². The Balaban J connectivity index is 1.48. The van der Waals surface area contributed by atoms with E-state index in [1.807, 2.05) is 18.2 Å². The van der Waals surface area contributed by atoms with E-state index in [9.17, 15) is 8.42 Å². The van der Waals surface area contributed by atoms with Crippen molar-refractivity contribution in [3.05, 3.63) is 83.7 Å². The molecule has 1 aliphatic rings. The first-order chi connectivity index (χ1) is 16.4. The highest BCUT2D eigenvalue weighted by Gasteiger charge is 2.18. The van der Waals surface area contributed by atoms with Crippen LogP contribution in [0.25, 0.3) is 11.0 Å². The minimum absolute atomic E-state index is 0.235. The Labute approximate surface area is 200 Å². The summed E-state index contributed by atoms with van der Waals surface area (Å²) < 4.78 is 36.2. The van der Waals surface area contributed by atoms with Crippen molar-refractivity contribution in [2.75, 3.05) is 11.3 Å². The van der Waals surface area contributed by atoms with Crippen molar-refractivity contribution < 1.29 is 13.2 Å². The van der Waals surface area contributed by atoms with Crippen LogP contribution in [0.1, 0.15) is 37.2 Å². The molecule has 5 rings (SSSR count). The topological polar surface area (TPSA) is 73.2 Å². The molecule has 7 heteroatoms. The highest BCUT2D eigenvalue weighted by molar-refractivity contribution is 7.92. The van der Waals surface area contributed by atoms with Gasteiger partial charge in [-0.25, -0.2) is 13.4 Å². The van der Waals surface area contributed by atoms with Gasteiger partial charge in [-0.2, -0.15) is 0 Å². The number of nitrogens with zero attached hydrogens (tertiary/aromatic N) is 2. The molecule has 0 bridgehead atoms. The Kier molecular flexibility index (Phi) is 6.04. The minimum Gasteiger partial charge on any atom is -0.493 e. The predicted molar refractivity (Wildman–Crippen MR) is 135 cm³/mol. The van der Waals surface area contributed by atoms with Crippen molar-refractivity contribution in [1.82, 2.24) is 9.55 Å². The fourth-order valence-corrected chi connectivity index (χ4v) is 5.43. The monoisotopic (exact) mass is 475 g/mol. The van der Waals surface area contributed by atoms with Gasteiger partial charge in [-0.1, -0.05) is 44.2 Å². The number of benzene rings is 3. The Morgan fingerprint density at radius 2 is 1.88 bits per heavy atom. The first-order valence-electron chi connectivity index (χ1n) is 11.7. The average molecular weight is 476 g/mol. The second-order valence-corrected chi connectivity index (χ2v) is 10.9. The second-order valence-electron chi connectivity index (χ2n) is 9.20. The van der Waals surface area contributed by atoms with Gasteiger partial charge in [-0.15, -0.1) is 0 Å². The van der Waals surface area contributed by atoms with Gasteiger partial charge in [0.05, 0.1) is 28.2 Å². The fraction of sp³-hybridized carbons (Fsp3) is 0.296. The number of aryl methyl sites for hydroxylation is 1. The second kappa shape index (κ2) is 9.14. The Morgan fingerprint density at radius 1 is 1.06 bits per heavy atom. The molecule has 0 amide bonds. The number of rotatable bonds is 8.